The highest BCUT2D eigenvalue weighted by Gasteiger charge is 2.40. The molecule has 8 nitrogen and oxygen atoms in total. The number of amides is 1. The van der Waals surface area contributed by atoms with Crippen LogP contribution in [0.2, 0.25) is 0 Å². The van der Waals surface area contributed by atoms with Gasteiger partial charge in [0.05, 0.1) is 0 Å². The third-order valence-corrected chi connectivity index (χ3v) is 7.01. The Morgan fingerprint density at radius 1 is 1.26 bits per heavy atom. The third-order valence-electron chi connectivity index (χ3n) is 5.02. The lowest BCUT2D eigenvalue weighted by molar-refractivity contribution is -0.145. The fourth-order valence-corrected chi connectivity index (χ4v) is 5.19. The van der Waals surface area contributed by atoms with Gasteiger partial charge in [-0.2, -0.15) is 0 Å². The van der Waals surface area contributed by atoms with Crippen molar-refractivity contribution in [3.63, 3.8) is 0 Å². The zero-order valence-corrected chi connectivity index (χ0v) is 17.3. The number of carbonyl (C=O) groups excluding carboxylic acids is 1. The number of aliphatic carboxylic acids is 1. The molecule has 0 heterocycles. The summed E-state index contributed by atoms with van der Waals surface area (Å²) in [6, 6.07) is 0. The van der Waals surface area contributed by atoms with Crippen molar-refractivity contribution in [3.05, 3.63) is 0 Å². The molecule has 1 aliphatic carbocycles. The molecule has 158 valence electrons. The topological polar surface area (TPSA) is 139 Å². The van der Waals surface area contributed by atoms with Crippen molar-refractivity contribution in [2.75, 3.05) is 6.54 Å². The maximum Gasteiger partial charge on any atom is 0.351 e. The van der Waals surface area contributed by atoms with Gasteiger partial charge in [0.2, 0.25) is 5.91 Å². The van der Waals surface area contributed by atoms with E-state index in [9.17, 15) is 24.2 Å². The summed E-state index contributed by atoms with van der Waals surface area (Å²) in [7, 11) is -4.36. The number of unbranched alkanes of at least 4 members (excludes halogenated alkanes) is 1. The monoisotopic (exact) mass is 406 g/mol. The van der Waals surface area contributed by atoms with E-state index < -0.39 is 25.5 Å². The third kappa shape index (κ3) is 8.73. The SMILES string of the molecule is CC(C)C(NC(=O)CCC1CCCC1)P(=O)(O)OC(CCCCN)C(=O)O. The Morgan fingerprint density at radius 3 is 2.41 bits per heavy atom. The van der Waals surface area contributed by atoms with Crippen LogP contribution in [0.15, 0.2) is 0 Å². The predicted octanol–water partition coefficient (Wildman–Crippen LogP) is 2.84. The molecule has 27 heavy (non-hydrogen) atoms. The number of carboxylic acid groups (broad SMARTS) is 1. The number of hydrogen-bond donors (Lipinski definition) is 4. The predicted molar refractivity (Wildman–Crippen MR) is 103 cm³/mol. The number of nitrogens with two attached hydrogens (primary N) is 1. The van der Waals surface area contributed by atoms with Gasteiger partial charge < -0.3 is 21.1 Å². The van der Waals surface area contributed by atoms with E-state index in [1.165, 1.54) is 12.8 Å². The van der Waals surface area contributed by atoms with Crippen molar-refractivity contribution in [2.45, 2.75) is 83.5 Å². The fourth-order valence-electron chi connectivity index (χ4n) is 3.44. The molecule has 0 saturated heterocycles. The largest absolute Gasteiger partial charge is 0.479 e. The first-order valence-corrected chi connectivity index (χ1v) is 11.5. The molecular formula is C18H35N2O6P. The summed E-state index contributed by atoms with van der Waals surface area (Å²) in [5.74, 6) is -2.56. The molecular weight excluding hydrogens is 371 g/mol. The van der Waals surface area contributed by atoms with E-state index in [0.717, 1.165) is 19.3 Å². The highest BCUT2D eigenvalue weighted by Crippen LogP contribution is 2.50. The Labute approximate surface area is 161 Å². The van der Waals surface area contributed by atoms with Crippen molar-refractivity contribution < 1.29 is 28.7 Å². The average molecular weight is 406 g/mol. The van der Waals surface area contributed by atoms with Gasteiger partial charge in [0.25, 0.3) is 0 Å². The van der Waals surface area contributed by atoms with E-state index in [4.69, 9.17) is 10.3 Å². The smallest absolute Gasteiger partial charge is 0.351 e. The van der Waals surface area contributed by atoms with Gasteiger partial charge in [-0.25, -0.2) is 4.79 Å². The van der Waals surface area contributed by atoms with Gasteiger partial charge in [0.15, 0.2) is 6.10 Å². The minimum atomic E-state index is -4.36. The number of carboxylic acids is 1. The normalized spacial score (nSPS) is 19.6. The lowest BCUT2D eigenvalue weighted by Crippen LogP contribution is -2.40. The van der Waals surface area contributed by atoms with Gasteiger partial charge >= 0.3 is 13.6 Å². The Bertz CT molecular complexity index is 522. The van der Waals surface area contributed by atoms with Crippen molar-refractivity contribution in [3.8, 4) is 0 Å². The maximum atomic E-state index is 12.7. The summed E-state index contributed by atoms with van der Waals surface area (Å²) in [4.78, 5) is 34.0. The number of rotatable bonds is 13. The molecule has 5 N–H and O–H groups in total. The number of carbonyl (C=O) groups is 2. The van der Waals surface area contributed by atoms with Crippen LogP contribution in [-0.2, 0) is 18.7 Å². The van der Waals surface area contributed by atoms with Gasteiger partial charge in [-0.05, 0) is 44.1 Å². The van der Waals surface area contributed by atoms with Gasteiger partial charge in [0, 0.05) is 6.42 Å². The van der Waals surface area contributed by atoms with Gasteiger partial charge in [-0.3, -0.25) is 13.9 Å². The standard InChI is InChI=1S/C18H35N2O6P/c1-13(2)17(20-16(21)11-10-14-7-3-4-8-14)27(24,25)26-15(18(22)23)9-5-6-12-19/h13-15,17H,3-12,19H2,1-2H3,(H,20,21)(H,22,23)(H,24,25). The molecule has 1 amide bonds. The van der Waals surface area contributed by atoms with Crippen LogP contribution >= 0.6 is 7.60 Å². The van der Waals surface area contributed by atoms with Crippen LogP contribution in [0, 0.1) is 11.8 Å². The summed E-state index contributed by atoms with van der Waals surface area (Å²) in [6.45, 7) is 3.80. The second-order valence-electron chi connectivity index (χ2n) is 7.73. The lowest BCUT2D eigenvalue weighted by Gasteiger charge is -2.28. The van der Waals surface area contributed by atoms with Crippen molar-refractivity contribution in [1.82, 2.24) is 5.32 Å². The first kappa shape index (κ1) is 24.1. The van der Waals surface area contributed by atoms with E-state index in [2.05, 4.69) is 5.32 Å². The number of nitrogens with one attached hydrogen (secondary N) is 1. The second kappa shape index (κ2) is 11.8. The molecule has 0 radical (unpaired) electrons. The Balaban J connectivity index is 2.66. The highest BCUT2D eigenvalue weighted by atomic mass is 31.2. The van der Waals surface area contributed by atoms with Crippen LogP contribution in [0.5, 0.6) is 0 Å². The Kier molecular flexibility index (Phi) is 10.5. The maximum absolute atomic E-state index is 12.7. The van der Waals surface area contributed by atoms with Crippen molar-refractivity contribution >= 4 is 19.5 Å². The van der Waals surface area contributed by atoms with E-state index in [1.807, 2.05) is 0 Å². The van der Waals surface area contributed by atoms with Crippen LogP contribution in [0.25, 0.3) is 0 Å². The molecule has 0 bridgehead atoms. The van der Waals surface area contributed by atoms with E-state index in [-0.39, 0.29) is 18.2 Å². The van der Waals surface area contributed by atoms with Gasteiger partial charge in [0.1, 0.15) is 5.78 Å². The zero-order valence-electron chi connectivity index (χ0n) is 16.4. The fraction of sp³-hybridized carbons (Fsp3) is 0.889. The first-order chi connectivity index (χ1) is 12.7. The summed E-state index contributed by atoms with van der Waals surface area (Å²) in [5, 5.41) is 11.9. The summed E-state index contributed by atoms with van der Waals surface area (Å²) in [6.07, 6.45) is 5.50. The van der Waals surface area contributed by atoms with Gasteiger partial charge in [-0.1, -0.05) is 39.5 Å². The summed E-state index contributed by atoms with van der Waals surface area (Å²) >= 11 is 0. The molecule has 0 aromatic carbocycles. The minimum absolute atomic E-state index is 0.0948. The Morgan fingerprint density at radius 2 is 1.89 bits per heavy atom. The quantitative estimate of drug-likeness (QED) is 0.272. The van der Waals surface area contributed by atoms with E-state index in [1.54, 1.807) is 13.8 Å². The lowest BCUT2D eigenvalue weighted by atomic mass is 10.0. The van der Waals surface area contributed by atoms with E-state index in [0.29, 0.717) is 31.7 Å². The van der Waals surface area contributed by atoms with Crippen molar-refractivity contribution in [1.29, 1.82) is 0 Å². The first-order valence-electron chi connectivity index (χ1n) is 9.90. The zero-order chi connectivity index (χ0) is 20.4. The molecule has 0 aliphatic heterocycles. The molecule has 3 atom stereocenters. The molecule has 1 rings (SSSR count). The highest BCUT2D eigenvalue weighted by molar-refractivity contribution is 7.53. The van der Waals surface area contributed by atoms with E-state index >= 15 is 0 Å². The second-order valence-corrected chi connectivity index (χ2v) is 9.62. The van der Waals surface area contributed by atoms with Crippen LogP contribution < -0.4 is 11.1 Å². The molecule has 1 aliphatic rings. The number of hydrogen-bond acceptors (Lipinski definition) is 5. The van der Waals surface area contributed by atoms with Crippen LogP contribution in [0.1, 0.15) is 71.6 Å². The van der Waals surface area contributed by atoms with Crippen LogP contribution in [0.3, 0.4) is 0 Å². The molecule has 0 aromatic heterocycles. The molecule has 9 heteroatoms. The van der Waals surface area contributed by atoms with Crippen molar-refractivity contribution in [2.24, 2.45) is 17.6 Å². The molecule has 1 saturated carbocycles. The molecule has 0 spiro atoms. The minimum Gasteiger partial charge on any atom is -0.479 e. The van der Waals surface area contributed by atoms with Gasteiger partial charge in [-0.15, -0.1) is 0 Å². The molecule has 3 unspecified atom stereocenters. The van der Waals surface area contributed by atoms with Crippen LogP contribution in [-0.4, -0.2) is 40.3 Å². The summed E-state index contributed by atoms with van der Waals surface area (Å²) in [5.41, 5.74) is 5.39. The Hall–Kier alpha value is -0.950. The molecule has 0 aromatic rings. The summed E-state index contributed by atoms with van der Waals surface area (Å²) < 4.78 is 17.8. The van der Waals surface area contributed by atoms with Crippen LogP contribution in [0.4, 0.5) is 0 Å². The average Bonchev–Trinajstić information content (AvgIpc) is 3.10. The molecule has 1 fully saturated rings.